The van der Waals surface area contributed by atoms with Crippen molar-refractivity contribution >= 4 is 11.9 Å². The zero-order valence-electron chi connectivity index (χ0n) is 12.2. The van der Waals surface area contributed by atoms with Crippen molar-refractivity contribution in [3.05, 3.63) is 17.5 Å². The van der Waals surface area contributed by atoms with Crippen LogP contribution in [-0.4, -0.2) is 58.0 Å². The number of carbonyl (C=O) groups is 2. The zero-order chi connectivity index (χ0) is 15.2. The van der Waals surface area contributed by atoms with E-state index in [4.69, 9.17) is 4.74 Å². The van der Waals surface area contributed by atoms with Gasteiger partial charge in [0.1, 0.15) is 5.69 Å². The number of hydrogen-bond donors (Lipinski definition) is 1. The third-order valence-corrected chi connectivity index (χ3v) is 4.64. The molecule has 0 aromatic carbocycles. The lowest BCUT2D eigenvalue weighted by Gasteiger charge is -2.33. The number of likely N-dealkylation sites (tertiary alicyclic amines) is 1. The minimum atomic E-state index is -0.860. The zero-order valence-corrected chi connectivity index (χ0v) is 12.2. The first-order valence-corrected chi connectivity index (χ1v) is 7.05. The van der Waals surface area contributed by atoms with E-state index in [1.165, 1.54) is 0 Å². The molecular weight excluding hydrogens is 274 g/mol. The fraction of sp³-hybridized carbons (Fsp3) is 0.643. The quantitative estimate of drug-likeness (QED) is 0.847. The summed E-state index contributed by atoms with van der Waals surface area (Å²) in [6, 6.07) is 1.73. The van der Waals surface area contributed by atoms with E-state index in [1.54, 1.807) is 22.7 Å². The van der Waals surface area contributed by atoms with Crippen molar-refractivity contribution in [2.45, 2.75) is 13.3 Å². The third-order valence-electron chi connectivity index (χ3n) is 4.64. The highest BCUT2D eigenvalue weighted by molar-refractivity contribution is 5.93. The van der Waals surface area contributed by atoms with Crippen LogP contribution in [0.3, 0.4) is 0 Å². The molecule has 1 aromatic heterocycles. The van der Waals surface area contributed by atoms with Crippen LogP contribution in [0.2, 0.25) is 0 Å². The maximum atomic E-state index is 12.6. The number of fused-ring (bicyclic) bond motifs is 1. The van der Waals surface area contributed by atoms with Crippen molar-refractivity contribution in [3.8, 4) is 0 Å². The molecule has 7 heteroatoms. The molecule has 21 heavy (non-hydrogen) atoms. The highest BCUT2D eigenvalue weighted by atomic mass is 16.5. The Labute approximate surface area is 122 Å². The fourth-order valence-corrected chi connectivity index (χ4v) is 3.43. The summed E-state index contributed by atoms with van der Waals surface area (Å²) in [5, 5.41) is 13.8. The van der Waals surface area contributed by atoms with Crippen molar-refractivity contribution in [2.75, 3.05) is 26.3 Å². The number of aryl methyl sites for hydroxylation is 2. The summed E-state index contributed by atoms with van der Waals surface area (Å²) in [6.07, 6.45) is 0.460. The van der Waals surface area contributed by atoms with Crippen LogP contribution in [0.4, 0.5) is 0 Å². The molecule has 0 saturated carbocycles. The van der Waals surface area contributed by atoms with Crippen molar-refractivity contribution < 1.29 is 19.4 Å². The van der Waals surface area contributed by atoms with Crippen LogP contribution in [-0.2, 0) is 16.6 Å². The Morgan fingerprint density at radius 1 is 1.52 bits per heavy atom. The van der Waals surface area contributed by atoms with Gasteiger partial charge >= 0.3 is 5.97 Å². The monoisotopic (exact) mass is 293 g/mol. The van der Waals surface area contributed by atoms with E-state index in [0.717, 1.165) is 5.69 Å². The average Bonchev–Trinajstić information content (AvgIpc) is 2.99. The minimum absolute atomic E-state index is 0.137. The van der Waals surface area contributed by atoms with Gasteiger partial charge in [0.05, 0.1) is 17.7 Å². The predicted octanol–water partition coefficient (Wildman–Crippen LogP) is 0.292. The van der Waals surface area contributed by atoms with Gasteiger partial charge in [0.2, 0.25) is 0 Å². The van der Waals surface area contributed by atoms with Crippen LogP contribution in [0.1, 0.15) is 22.6 Å². The number of carbonyl (C=O) groups excluding carboxylic acids is 1. The van der Waals surface area contributed by atoms with E-state index in [9.17, 15) is 14.7 Å². The molecule has 7 nitrogen and oxygen atoms in total. The highest BCUT2D eigenvalue weighted by Gasteiger charge is 2.55. The summed E-state index contributed by atoms with van der Waals surface area (Å²) < 4.78 is 6.95. The average molecular weight is 293 g/mol. The molecule has 2 aliphatic rings. The van der Waals surface area contributed by atoms with Gasteiger partial charge in [0.25, 0.3) is 5.91 Å². The Morgan fingerprint density at radius 2 is 2.29 bits per heavy atom. The molecule has 0 spiro atoms. The van der Waals surface area contributed by atoms with Gasteiger partial charge in [0.15, 0.2) is 0 Å². The SMILES string of the molecule is Cc1cc(C(=O)N2C[C@H]3COCC[C@@]3(C(=O)O)C2)n(C)n1. The highest BCUT2D eigenvalue weighted by Crippen LogP contribution is 2.42. The smallest absolute Gasteiger partial charge is 0.311 e. The van der Waals surface area contributed by atoms with Gasteiger partial charge in [-0.3, -0.25) is 14.3 Å². The Hall–Kier alpha value is -1.89. The second-order valence-corrected chi connectivity index (χ2v) is 5.96. The lowest BCUT2D eigenvalue weighted by atomic mass is 9.74. The summed E-state index contributed by atoms with van der Waals surface area (Å²) in [5.41, 5.74) is 0.406. The molecule has 2 atom stereocenters. The number of carboxylic acid groups (broad SMARTS) is 1. The molecule has 114 valence electrons. The van der Waals surface area contributed by atoms with E-state index >= 15 is 0 Å². The third kappa shape index (κ3) is 2.12. The van der Waals surface area contributed by atoms with Crippen molar-refractivity contribution in [1.82, 2.24) is 14.7 Å². The largest absolute Gasteiger partial charge is 0.481 e. The maximum Gasteiger partial charge on any atom is 0.311 e. The molecule has 1 N–H and O–H groups in total. The number of hydrogen-bond acceptors (Lipinski definition) is 4. The number of amides is 1. The molecule has 2 saturated heterocycles. The summed E-state index contributed by atoms with van der Waals surface area (Å²) >= 11 is 0. The first-order valence-electron chi connectivity index (χ1n) is 7.05. The minimum Gasteiger partial charge on any atom is -0.481 e. The van der Waals surface area contributed by atoms with Crippen LogP contribution in [0.5, 0.6) is 0 Å². The lowest BCUT2D eigenvalue weighted by Crippen LogP contribution is -2.45. The maximum absolute atomic E-state index is 12.6. The summed E-state index contributed by atoms with van der Waals surface area (Å²) in [4.78, 5) is 26.0. The standard InChI is InChI=1S/C14H19N3O4/c1-9-5-11(16(2)15-9)12(18)17-6-10-7-21-4-3-14(10,8-17)13(19)20/h5,10H,3-4,6-8H2,1-2H3,(H,19,20)/t10-,14+/m0/s1. The van der Waals surface area contributed by atoms with Gasteiger partial charge < -0.3 is 14.7 Å². The molecule has 0 bridgehead atoms. The molecule has 0 unspecified atom stereocenters. The number of aromatic nitrogens is 2. The van der Waals surface area contributed by atoms with E-state index in [-0.39, 0.29) is 18.4 Å². The molecule has 1 aromatic rings. The van der Waals surface area contributed by atoms with Crippen molar-refractivity contribution in [1.29, 1.82) is 0 Å². The Bertz CT molecular complexity index is 597. The second kappa shape index (κ2) is 4.84. The Morgan fingerprint density at radius 3 is 2.86 bits per heavy atom. The topological polar surface area (TPSA) is 84.7 Å². The summed E-state index contributed by atoms with van der Waals surface area (Å²) in [5.74, 6) is -1.12. The fourth-order valence-electron chi connectivity index (χ4n) is 3.43. The molecule has 3 heterocycles. The van der Waals surface area contributed by atoms with Crippen molar-refractivity contribution in [2.24, 2.45) is 18.4 Å². The lowest BCUT2D eigenvalue weighted by molar-refractivity contribution is -0.157. The molecular formula is C14H19N3O4. The Balaban J connectivity index is 1.87. The summed E-state index contributed by atoms with van der Waals surface area (Å²) in [6.45, 7) is 3.35. The van der Waals surface area contributed by atoms with Gasteiger partial charge in [-0.1, -0.05) is 0 Å². The summed E-state index contributed by atoms with van der Waals surface area (Å²) in [7, 11) is 1.72. The van der Waals surface area contributed by atoms with Gasteiger partial charge in [0, 0.05) is 32.7 Å². The van der Waals surface area contributed by atoms with Gasteiger partial charge in [-0.15, -0.1) is 0 Å². The molecule has 0 aliphatic carbocycles. The van der Waals surface area contributed by atoms with Crippen LogP contribution in [0.25, 0.3) is 0 Å². The van der Waals surface area contributed by atoms with Crippen LogP contribution < -0.4 is 0 Å². The molecule has 0 radical (unpaired) electrons. The molecule has 2 fully saturated rings. The van der Waals surface area contributed by atoms with Crippen molar-refractivity contribution in [3.63, 3.8) is 0 Å². The van der Waals surface area contributed by atoms with E-state index < -0.39 is 11.4 Å². The number of nitrogens with zero attached hydrogens (tertiary/aromatic N) is 3. The number of carboxylic acids is 1. The first kappa shape index (κ1) is 14.1. The first-order chi connectivity index (χ1) is 9.94. The van der Waals surface area contributed by atoms with Crippen LogP contribution >= 0.6 is 0 Å². The number of rotatable bonds is 2. The Kier molecular flexibility index (Phi) is 3.24. The number of aliphatic carboxylic acids is 1. The van der Waals surface area contributed by atoms with Gasteiger partial charge in [-0.2, -0.15) is 5.10 Å². The normalized spacial score (nSPS) is 28.5. The van der Waals surface area contributed by atoms with Gasteiger partial charge in [-0.05, 0) is 19.4 Å². The second-order valence-electron chi connectivity index (χ2n) is 5.96. The van der Waals surface area contributed by atoms with E-state index in [2.05, 4.69) is 5.10 Å². The molecule has 1 amide bonds. The van der Waals surface area contributed by atoms with E-state index in [1.807, 2.05) is 6.92 Å². The molecule has 3 rings (SSSR count). The van der Waals surface area contributed by atoms with Crippen LogP contribution in [0.15, 0.2) is 6.07 Å². The molecule has 2 aliphatic heterocycles. The van der Waals surface area contributed by atoms with Crippen LogP contribution in [0, 0.1) is 18.3 Å². The van der Waals surface area contributed by atoms with E-state index in [0.29, 0.717) is 31.9 Å². The van der Waals surface area contributed by atoms with Gasteiger partial charge in [-0.25, -0.2) is 0 Å². The number of ether oxygens (including phenoxy) is 1. The predicted molar refractivity (Wildman–Crippen MR) is 72.8 cm³/mol.